The number of aromatic nitrogens is 3. The lowest BCUT2D eigenvalue weighted by Gasteiger charge is -1.99. The predicted molar refractivity (Wildman–Crippen MR) is 54.4 cm³/mol. The minimum atomic E-state index is -0.550. The monoisotopic (exact) mass is 219 g/mol. The van der Waals surface area contributed by atoms with E-state index in [1.165, 1.54) is 24.1 Å². The van der Waals surface area contributed by atoms with Crippen LogP contribution in [0.1, 0.15) is 10.5 Å². The minimum Gasteiger partial charge on any atom is -0.508 e. The zero-order chi connectivity index (χ0) is 11.5. The topological polar surface area (TPSA) is 77.2 Å². The Kier molecular flexibility index (Phi) is 2.55. The van der Waals surface area contributed by atoms with E-state index in [9.17, 15) is 9.90 Å². The molecule has 0 unspecified atom stereocenters. The van der Waals surface area contributed by atoms with E-state index in [2.05, 4.69) is 15.0 Å². The number of aromatic hydroxyl groups is 1. The fourth-order valence-corrected chi connectivity index (χ4v) is 1.22. The molecule has 0 bridgehead atoms. The van der Waals surface area contributed by atoms with Gasteiger partial charge >= 0.3 is 5.97 Å². The number of nitrogens with zero attached hydrogens (tertiary/aromatic N) is 3. The number of carbonyl (C=O) groups excluding carboxylic acids is 1. The molecule has 1 aromatic carbocycles. The molecule has 0 saturated heterocycles. The fourth-order valence-electron chi connectivity index (χ4n) is 1.22. The molecule has 0 spiro atoms. The molecule has 1 heterocycles. The Morgan fingerprint density at radius 2 is 2.31 bits per heavy atom. The van der Waals surface area contributed by atoms with Crippen LogP contribution in [0.4, 0.5) is 0 Å². The summed E-state index contributed by atoms with van der Waals surface area (Å²) in [5.41, 5.74) is 0.730. The number of phenolic OH excluding ortho intramolecular Hbond substituents is 1. The Labute approximate surface area is 91.1 Å². The molecule has 6 nitrogen and oxygen atoms in total. The SMILES string of the molecule is COC(=O)c1cn(-c2cccc(O)c2)nn1. The fraction of sp³-hybridized carbons (Fsp3) is 0.100. The molecule has 82 valence electrons. The van der Waals surface area contributed by atoms with E-state index in [0.29, 0.717) is 5.69 Å². The minimum absolute atomic E-state index is 0.117. The van der Waals surface area contributed by atoms with Crippen molar-refractivity contribution in [1.29, 1.82) is 0 Å². The van der Waals surface area contributed by atoms with Gasteiger partial charge in [-0.1, -0.05) is 11.3 Å². The standard InChI is InChI=1S/C10H9N3O3/c1-16-10(15)9-6-13(12-11-9)7-3-2-4-8(14)5-7/h2-6,14H,1H3. The van der Waals surface area contributed by atoms with Crippen molar-refractivity contribution in [3.63, 3.8) is 0 Å². The Bertz CT molecular complexity index is 522. The van der Waals surface area contributed by atoms with Crippen molar-refractivity contribution in [2.45, 2.75) is 0 Å². The van der Waals surface area contributed by atoms with Crippen molar-refractivity contribution >= 4 is 5.97 Å². The number of hydrogen-bond donors (Lipinski definition) is 1. The molecule has 2 rings (SSSR count). The second-order valence-corrected chi connectivity index (χ2v) is 3.06. The Balaban J connectivity index is 2.35. The summed E-state index contributed by atoms with van der Waals surface area (Å²) in [6.07, 6.45) is 1.43. The van der Waals surface area contributed by atoms with Crippen molar-refractivity contribution in [3.8, 4) is 11.4 Å². The molecule has 0 aliphatic carbocycles. The number of phenols is 1. The first-order valence-electron chi connectivity index (χ1n) is 4.51. The number of methoxy groups -OCH3 is 1. The third-order valence-electron chi connectivity index (χ3n) is 1.98. The number of hydrogen-bond acceptors (Lipinski definition) is 5. The molecular formula is C10H9N3O3. The van der Waals surface area contributed by atoms with Crippen LogP contribution in [-0.2, 0) is 4.74 Å². The van der Waals surface area contributed by atoms with E-state index in [-0.39, 0.29) is 11.4 Å². The highest BCUT2D eigenvalue weighted by Crippen LogP contribution is 2.14. The van der Waals surface area contributed by atoms with Crippen LogP contribution in [0.3, 0.4) is 0 Å². The predicted octanol–water partition coefficient (Wildman–Crippen LogP) is 0.759. The highest BCUT2D eigenvalue weighted by molar-refractivity contribution is 5.86. The first-order valence-corrected chi connectivity index (χ1v) is 4.51. The summed E-state index contributed by atoms with van der Waals surface area (Å²) in [4.78, 5) is 11.1. The van der Waals surface area contributed by atoms with Gasteiger partial charge < -0.3 is 9.84 Å². The third kappa shape index (κ3) is 1.85. The summed E-state index contributed by atoms with van der Waals surface area (Å²) < 4.78 is 5.89. The van der Waals surface area contributed by atoms with Crippen molar-refractivity contribution in [3.05, 3.63) is 36.2 Å². The average Bonchev–Trinajstić information content (AvgIpc) is 2.77. The molecule has 0 aliphatic heterocycles. The lowest BCUT2D eigenvalue weighted by Crippen LogP contribution is -2.01. The Morgan fingerprint density at radius 3 is 3.00 bits per heavy atom. The van der Waals surface area contributed by atoms with E-state index < -0.39 is 5.97 Å². The van der Waals surface area contributed by atoms with E-state index in [4.69, 9.17) is 0 Å². The quantitative estimate of drug-likeness (QED) is 0.754. The molecule has 0 saturated carbocycles. The molecule has 6 heteroatoms. The van der Waals surface area contributed by atoms with Gasteiger partial charge in [0.15, 0.2) is 5.69 Å². The summed E-state index contributed by atoms with van der Waals surface area (Å²) in [5, 5.41) is 16.7. The van der Waals surface area contributed by atoms with Gasteiger partial charge in [-0.05, 0) is 12.1 Å². The highest BCUT2D eigenvalue weighted by atomic mass is 16.5. The smallest absolute Gasteiger partial charge is 0.360 e. The summed E-state index contributed by atoms with van der Waals surface area (Å²) in [5.74, 6) is -0.431. The summed E-state index contributed by atoms with van der Waals surface area (Å²) in [6, 6.07) is 6.46. The van der Waals surface area contributed by atoms with Gasteiger partial charge in [0, 0.05) is 6.07 Å². The van der Waals surface area contributed by atoms with Crippen molar-refractivity contribution in [2.24, 2.45) is 0 Å². The molecule has 0 atom stereocenters. The molecule has 16 heavy (non-hydrogen) atoms. The van der Waals surface area contributed by atoms with Gasteiger partial charge in [-0.25, -0.2) is 9.48 Å². The van der Waals surface area contributed by atoms with Gasteiger partial charge in [0.25, 0.3) is 0 Å². The molecular weight excluding hydrogens is 210 g/mol. The Morgan fingerprint density at radius 1 is 1.50 bits per heavy atom. The van der Waals surface area contributed by atoms with Crippen LogP contribution in [0.25, 0.3) is 5.69 Å². The van der Waals surface area contributed by atoms with Crippen molar-refractivity contribution in [1.82, 2.24) is 15.0 Å². The number of esters is 1. The average molecular weight is 219 g/mol. The van der Waals surface area contributed by atoms with Gasteiger partial charge in [0.1, 0.15) is 5.75 Å². The van der Waals surface area contributed by atoms with Crippen LogP contribution in [0.2, 0.25) is 0 Å². The lowest BCUT2D eigenvalue weighted by atomic mass is 10.3. The largest absolute Gasteiger partial charge is 0.508 e. The highest BCUT2D eigenvalue weighted by Gasteiger charge is 2.11. The first-order chi connectivity index (χ1) is 7.70. The van der Waals surface area contributed by atoms with Crippen LogP contribution < -0.4 is 0 Å². The third-order valence-corrected chi connectivity index (χ3v) is 1.98. The molecule has 0 radical (unpaired) electrons. The summed E-state index contributed by atoms with van der Waals surface area (Å²) >= 11 is 0. The number of rotatable bonds is 2. The molecule has 1 N–H and O–H groups in total. The van der Waals surface area contributed by atoms with Crippen LogP contribution >= 0.6 is 0 Å². The van der Waals surface area contributed by atoms with Gasteiger partial charge in [-0.2, -0.15) is 0 Å². The summed E-state index contributed by atoms with van der Waals surface area (Å²) in [6.45, 7) is 0. The maximum atomic E-state index is 11.1. The summed E-state index contributed by atoms with van der Waals surface area (Å²) in [7, 11) is 1.27. The second kappa shape index (κ2) is 4.01. The van der Waals surface area contributed by atoms with Crippen LogP contribution in [-0.4, -0.2) is 33.2 Å². The maximum Gasteiger partial charge on any atom is 0.360 e. The number of carbonyl (C=O) groups is 1. The van der Waals surface area contributed by atoms with Gasteiger partial charge in [0.05, 0.1) is 19.0 Å². The second-order valence-electron chi connectivity index (χ2n) is 3.06. The van der Waals surface area contributed by atoms with Crippen LogP contribution in [0.15, 0.2) is 30.5 Å². The zero-order valence-corrected chi connectivity index (χ0v) is 8.49. The zero-order valence-electron chi connectivity index (χ0n) is 8.49. The van der Waals surface area contributed by atoms with Crippen molar-refractivity contribution < 1.29 is 14.6 Å². The lowest BCUT2D eigenvalue weighted by molar-refractivity contribution is 0.0594. The molecule has 2 aromatic rings. The van der Waals surface area contributed by atoms with Crippen LogP contribution in [0.5, 0.6) is 5.75 Å². The van der Waals surface area contributed by atoms with Crippen LogP contribution in [0, 0.1) is 0 Å². The van der Waals surface area contributed by atoms with E-state index in [0.717, 1.165) is 0 Å². The van der Waals surface area contributed by atoms with E-state index in [1.54, 1.807) is 18.2 Å². The molecule has 0 aliphatic rings. The molecule has 0 amide bonds. The van der Waals surface area contributed by atoms with Gasteiger partial charge in [-0.3, -0.25) is 0 Å². The molecule has 0 fully saturated rings. The van der Waals surface area contributed by atoms with Gasteiger partial charge in [-0.15, -0.1) is 5.10 Å². The maximum absolute atomic E-state index is 11.1. The normalized spacial score (nSPS) is 10.1. The first kappa shape index (κ1) is 10.2. The number of ether oxygens (including phenoxy) is 1. The van der Waals surface area contributed by atoms with E-state index >= 15 is 0 Å². The molecule has 1 aromatic heterocycles. The number of benzene rings is 1. The Hall–Kier alpha value is -2.37. The van der Waals surface area contributed by atoms with Crippen molar-refractivity contribution in [2.75, 3.05) is 7.11 Å². The van der Waals surface area contributed by atoms with E-state index in [1.807, 2.05) is 0 Å². The van der Waals surface area contributed by atoms with Gasteiger partial charge in [0.2, 0.25) is 0 Å².